The van der Waals surface area contributed by atoms with Crippen LogP contribution in [0.3, 0.4) is 0 Å². The molecule has 1 aromatic rings. The van der Waals surface area contributed by atoms with Crippen molar-refractivity contribution in [3.05, 3.63) is 35.4 Å². The Morgan fingerprint density at radius 3 is 2.33 bits per heavy atom. The van der Waals surface area contributed by atoms with Gasteiger partial charge in [-0.15, -0.1) is 0 Å². The molecule has 2 fully saturated rings. The lowest BCUT2D eigenvalue weighted by molar-refractivity contribution is -0.126. The molecule has 30 heavy (non-hydrogen) atoms. The highest BCUT2D eigenvalue weighted by Gasteiger charge is 2.30. The summed E-state index contributed by atoms with van der Waals surface area (Å²) in [5.41, 5.74) is 1.91. The maximum absolute atomic E-state index is 12.7. The third kappa shape index (κ3) is 7.01. The largest absolute Gasteiger partial charge is 0.444 e. The van der Waals surface area contributed by atoms with Gasteiger partial charge in [0.2, 0.25) is 5.91 Å². The van der Waals surface area contributed by atoms with Crippen LogP contribution in [-0.2, 0) is 22.6 Å². The summed E-state index contributed by atoms with van der Waals surface area (Å²) in [7, 11) is 0. The van der Waals surface area contributed by atoms with Gasteiger partial charge in [0, 0.05) is 26.2 Å². The predicted molar refractivity (Wildman–Crippen MR) is 118 cm³/mol. The number of nitrogens with one attached hydrogen (secondary N) is 1. The number of carbonyl (C=O) groups excluding carboxylic acids is 2. The molecule has 2 heterocycles. The summed E-state index contributed by atoms with van der Waals surface area (Å²) in [6.07, 6.45) is 5.26. The Balaban J connectivity index is 1.44. The first kappa shape index (κ1) is 22.6. The molecule has 3 rings (SSSR count). The van der Waals surface area contributed by atoms with Gasteiger partial charge >= 0.3 is 6.09 Å². The second-order valence-electron chi connectivity index (χ2n) is 9.64. The quantitative estimate of drug-likeness (QED) is 0.791. The fourth-order valence-corrected chi connectivity index (χ4v) is 4.16. The molecule has 166 valence electrons. The van der Waals surface area contributed by atoms with Crippen LogP contribution < -0.4 is 5.32 Å². The number of carbonyl (C=O) groups is 2. The predicted octanol–water partition coefficient (Wildman–Crippen LogP) is 3.94. The van der Waals surface area contributed by atoms with Crippen LogP contribution in [0.4, 0.5) is 4.79 Å². The average molecular weight is 416 g/mol. The monoisotopic (exact) mass is 415 g/mol. The van der Waals surface area contributed by atoms with E-state index in [9.17, 15) is 9.59 Å². The number of likely N-dealkylation sites (tertiary alicyclic amines) is 2. The lowest BCUT2D eigenvalue weighted by Gasteiger charge is -2.33. The molecule has 6 nitrogen and oxygen atoms in total. The van der Waals surface area contributed by atoms with Crippen molar-refractivity contribution in [2.75, 3.05) is 26.2 Å². The number of benzene rings is 1. The Morgan fingerprint density at radius 1 is 1.00 bits per heavy atom. The second-order valence-corrected chi connectivity index (χ2v) is 9.64. The number of hydrogen-bond acceptors (Lipinski definition) is 4. The molecule has 0 spiro atoms. The van der Waals surface area contributed by atoms with E-state index in [4.69, 9.17) is 4.74 Å². The van der Waals surface area contributed by atoms with Crippen LogP contribution in [0.5, 0.6) is 0 Å². The van der Waals surface area contributed by atoms with E-state index in [1.54, 1.807) is 4.90 Å². The van der Waals surface area contributed by atoms with Gasteiger partial charge in [0.05, 0.1) is 5.92 Å². The number of piperidine rings is 2. The highest BCUT2D eigenvalue weighted by atomic mass is 16.6. The van der Waals surface area contributed by atoms with Crippen molar-refractivity contribution in [1.82, 2.24) is 15.1 Å². The fraction of sp³-hybridized carbons (Fsp3) is 0.667. The molecule has 1 N–H and O–H groups in total. The number of amides is 2. The zero-order valence-electron chi connectivity index (χ0n) is 18.8. The van der Waals surface area contributed by atoms with E-state index in [0.717, 1.165) is 24.9 Å². The van der Waals surface area contributed by atoms with Crippen LogP contribution in [0.1, 0.15) is 64.0 Å². The van der Waals surface area contributed by atoms with Crippen molar-refractivity contribution in [2.24, 2.45) is 5.92 Å². The van der Waals surface area contributed by atoms with E-state index >= 15 is 0 Å². The van der Waals surface area contributed by atoms with Crippen LogP contribution in [0.25, 0.3) is 0 Å². The topological polar surface area (TPSA) is 61.9 Å². The first-order valence-corrected chi connectivity index (χ1v) is 11.4. The maximum Gasteiger partial charge on any atom is 0.410 e. The third-order valence-corrected chi connectivity index (χ3v) is 5.79. The average Bonchev–Trinajstić information content (AvgIpc) is 2.73. The minimum Gasteiger partial charge on any atom is -0.444 e. The molecule has 2 saturated heterocycles. The summed E-state index contributed by atoms with van der Waals surface area (Å²) in [6.45, 7) is 10.6. The lowest BCUT2D eigenvalue weighted by atomic mass is 9.97. The van der Waals surface area contributed by atoms with Crippen molar-refractivity contribution in [1.29, 1.82) is 0 Å². The van der Waals surface area contributed by atoms with Crippen LogP contribution >= 0.6 is 0 Å². The van der Waals surface area contributed by atoms with Crippen molar-refractivity contribution in [3.8, 4) is 0 Å². The Kier molecular flexibility index (Phi) is 7.75. The van der Waals surface area contributed by atoms with Crippen molar-refractivity contribution < 1.29 is 14.3 Å². The molecule has 2 aliphatic rings. The molecule has 1 atom stereocenters. The van der Waals surface area contributed by atoms with Gasteiger partial charge in [-0.25, -0.2) is 4.79 Å². The molecule has 1 unspecified atom stereocenters. The summed E-state index contributed by atoms with van der Waals surface area (Å²) in [6, 6.07) is 8.54. The van der Waals surface area contributed by atoms with Gasteiger partial charge in [-0.1, -0.05) is 30.7 Å². The molecule has 2 amide bonds. The first-order valence-electron chi connectivity index (χ1n) is 11.4. The standard InChI is InChI=1S/C24H37N3O3/c1-24(2,3)30-23(29)27-15-7-8-21(18-27)22(28)25-16-19-9-11-20(12-10-19)17-26-13-5-4-6-14-26/h9-12,21H,4-8,13-18H2,1-3H3,(H,25,28). The molecular formula is C24H37N3O3. The number of nitrogens with zero attached hydrogens (tertiary/aromatic N) is 2. The molecule has 0 saturated carbocycles. The van der Waals surface area contributed by atoms with Crippen LogP contribution in [0, 0.1) is 5.92 Å². The van der Waals surface area contributed by atoms with Gasteiger partial charge in [0.25, 0.3) is 0 Å². The number of ether oxygens (including phenoxy) is 1. The Bertz CT molecular complexity index is 705. The van der Waals surface area contributed by atoms with Crippen molar-refractivity contribution in [2.45, 2.75) is 71.6 Å². The third-order valence-electron chi connectivity index (χ3n) is 5.79. The molecule has 0 aromatic heterocycles. The van der Waals surface area contributed by atoms with Gasteiger partial charge in [-0.3, -0.25) is 9.69 Å². The first-order chi connectivity index (χ1) is 14.3. The Labute approximate surface area is 180 Å². The van der Waals surface area contributed by atoms with E-state index in [-0.39, 0.29) is 17.9 Å². The number of rotatable bonds is 5. The van der Waals surface area contributed by atoms with Gasteiger partial charge in [0.1, 0.15) is 5.60 Å². The highest BCUT2D eigenvalue weighted by Crippen LogP contribution is 2.20. The van der Waals surface area contributed by atoms with E-state index in [1.807, 2.05) is 20.8 Å². The summed E-state index contributed by atoms with van der Waals surface area (Å²) < 4.78 is 5.45. The maximum atomic E-state index is 12.7. The van der Waals surface area contributed by atoms with E-state index in [1.165, 1.54) is 37.9 Å². The fourth-order valence-electron chi connectivity index (χ4n) is 4.16. The number of hydrogen-bond donors (Lipinski definition) is 1. The van der Waals surface area contributed by atoms with Crippen molar-refractivity contribution in [3.63, 3.8) is 0 Å². The molecular weight excluding hydrogens is 378 g/mol. The van der Waals surface area contributed by atoms with E-state index < -0.39 is 5.60 Å². The molecule has 0 bridgehead atoms. The summed E-state index contributed by atoms with van der Waals surface area (Å²) >= 11 is 0. The summed E-state index contributed by atoms with van der Waals surface area (Å²) in [5.74, 6) is -0.162. The molecule has 0 radical (unpaired) electrons. The second kappa shape index (κ2) is 10.3. The van der Waals surface area contributed by atoms with Crippen molar-refractivity contribution >= 4 is 12.0 Å². The van der Waals surface area contributed by atoms with E-state index in [0.29, 0.717) is 19.6 Å². The van der Waals surface area contributed by atoms with Gasteiger partial charge in [-0.2, -0.15) is 0 Å². The minimum atomic E-state index is -0.521. The van der Waals surface area contributed by atoms with Gasteiger partial charge in [-0.05, 0) is 70.7 Å². The zero-order chi connectivity index (χ0) is 21.6. The lowest BCUT2D eigenvalue weighted by Crippen LogP contribution is -2.46. The molecule has 1 aromatic carbocycles. The minimum absolute atomic E-state index is 0.0145. The normalized spacial score (nSPS) is 20.6. The Hall–Kier alpha value is -2.08. The van der Waals surface area contributed by atoms with Crippen LogP contribution in [-0.4, -0.2) is 53.6 Å². The summed E-state index contributed by atoms with van der Waals surface area (Å²) in [5, 5.41) is 3.05. The van der Waals surface area contributed by atoms with E-state index in [2.05, 4.69) is 34.5 Å². The van der Waals surface area contributed by atoms with Gasteiger partial charge < -0.3 is 15.0 Å². The highest BCUT2D eigenvalue weighted by molar-refractivity contribution is 5.80. The van der Waals surface area contributed by atoms with Crippen LogP contribution in [0.15, 0.2) is 24.3 Å². The van der Waals surface area contributed by atoms with Gasteiger partial charge in [0.15, 0.2) is 0 Å². The SMILES string of the molecule is CC(C)(C)OC(=O)N1CCCC(C(=O)NCc2ccc(CN3CCCCC3)cc2)C1. The molecule has 6 heteroatoms. The molecule has 0 aliphatic carbocycles. The molecule has 2 aliphatic heterocycles. The van der Waals surface area contributed by atoms with Crippen LogP contribution in [0.2, 0.25) is 0 Å². The Morgan fingerprint density at radius 2 is 1.67 bits per heavy atom. The summed E-state index contributed by atoms with van der Waals surface area (Å²) in [4.78, 5) is 29.1. The smallest absolute Gasteiger partial charge is 0.410 e. The zero-order valence-corrected chi connectivity index (χ0v) is 18.8.